The van der Waals surface area contributed by atoms with Crippen molar-refractivity contribution < 1.29 is 47.6 Å². The maximum Gasteiger partial charge on any atom is 2.00 e. The van der Waals surface area contributed by atoms with Crippen molar-refractivity contribution in [1.29, 1.82) is 0 Å². The molecule has 6 rings (SSSR count). The van der Waals surface area contributed by atoms with Gasteiger partial charge in [-0.25, -0.2) is 26.3 Å². The molecular weight excluding hydrogens is 773 g/mol. The summed E-state index contributed by atoms with van der Waals surface area (Å²) in [4.78, 5) is 21.5. The van der Waals surface area contributed by atoms with Crippen molar-refractivity contribution in [3.8, 4) is 0 Å². The molecule has 55 heavy (non-hydrogen) atoms. The van der Waals surface area contributed by atoms with E-state index >= 15 is 0 Å². The average molecular weight is 829 g/mol. The van der Waals surface area contributed by atoms with E-state index in [4.69, 9.17) is 0 Å². The topological polar surface area (TPSA) is 236 Å². The van der Waals surface area contributed by atoms with Gasteiger partial charge in [0.1, 0.15) is 0 Å². The second kappa shape index (κ2) is 23.3. The molecule has 6 N–H and O–H groups in total. The van der Waals surface area contributed by atoms with E-state index in [2.05, 4.69) is 21.6 Å². The van der Waals surface area contributed by atoms with Crippen LogP contribution in [0.15, 0.2) is 94.8 Å². The van der Waals surface area contributed by atoms with Gasteiger partial charge in [0.25, 0.3) is 0 Å². The molecule has 300 valence electrons. The fourth-order valence-corrected chi connectivity index (χ4v) is 11.8. The number of unbranched alkanes of at least 4 members (excludes halogenated alkanes) is 2. The van der Waals surface area contributed by atoms with Crippen LogP contribution >= 0.6 is 0 Å². The maximum atomic E-state index is 12.7. The quantitative estimate of drug-likeness (QED) is 0.128. The van der Waals surface area contributed by atoms with E-state index < -0.39 is 32.0 Å². The van der Waals surface area contributed by atoms with E-state index in [1.165, 1.54) is 12.8 Å². The Morgan fingerprint density at radius 2 is 0.927 bits per heavy atom. The number of hydrogen-bond acceptors (Lipinski definition) is 8. The van der Waals surface area contributed by atoms with Crippen LogP contribution in [-0.4, -0.2) is 89.5 Å². The Balaban J connectivity index is 0.000000360. The molecule has 4 fully saturated rings. The van der Waals surface area contributed by atoms with E-state index in [1.54, 1.807) is 48.5 Å². The van der Waals surface area contributed by atoms with Gasteiger partial charge in [-0.05, 0) is 150 Å². The molecule has 12 nitrogen and oxygen atoms in total. The molecular formula is C40H56CaN2O10S2. The third-order valence-electron chi connectivity index (χ3n) is 11.5. The predicted octanol–water partition coefficient (Wildman–Crippen LogP) is 2.46. The average Bonchev–Trinajstić information content (AvgIpc) is 3.92. The van der Waals surface area contributed by atoms with E-state index in [9.17, 15) is 36.6 Å². The first-order chi connectivity index (χ1) is 24.9. The van der Waals surface area contributed by atoms with Gasteiger partial charge in [0.05, 0.1) is 9.79 Å². The Kier molecular flexibility index (Phi) is 20.8. The minimum atomic E-state index is -3.49. The van der Waals surface area contributed by atoms with Crippen LogP contribution in [0.4, 0.5) is 0 Å². The summed E-state index contributed by atoms with van der Waals surface area (Å²) in [7, 11) is -6.99. The van der Waals surface area contributed by atoms with Crippen LogP contribution in [0, 0.1) is 35.5 Å². The van der Waals surface area contributed by atoms with Gasteiger partial charge < -0.3 is 30.8 Å². The maximum absolute atomic E-state index is 12.7. The summed E-state index contributed by atoms with van der Waals surface area (Å²) in [5.41, 5.74) is 0. The van der Waals surface area contributed by atoms with Crippen molar-refractivity contribution >= 4 is 69.7 Å². The summed E-state index contributed by atoms with van der Waals surface area (Å²) in [5, 5.41) is 20.8. The van der Waals surface area contributed by atoms with Crippen LogP contribution in [0.1, 0.15) is 89.9 Å². The van der Waals surface area contributed by atoms with E-state index in [-0.39, 0.29) is 73.6 Å². The number of carboxylic acid groups (broad SMARTS) is 2. The van der Waals surface area contributed by atoms with Gasteiger partial charge >= 0.3 is 37.7 Å². The van der Waals surface area contributed by atoms with Crippen molar-refractivity contribution in [2.75, 3.05) is 0 Å². The number of fused-ring (bicyclic) bond motifs is 4. The first-order valence-corrected chi connectivity index (χ1v) is 21.8. The predicted molar refractivity (Wildman–Crippen MR) is 208 cm³/mol. The molecule has 0 unspecified atom stereocenters. The molecule has 0 saturated heterocycles. The van der Waals surface area contributed by atoms with Gasteiger partial charge in [-0.3, -0.25) is 0 Å². The first kappa shape index (κ1) is 49.0. The van der Waals surface area contributed by atoms with Gasteiger partial charge in [-0.2, -0.15) is 0 Å². The number of carbonyl (C=O) groups is 2. The fourth-order valence-electron chi connectivity index (χ4n) is 9.03. The zero-order chi connectivity index (χ0) is 37.1. The summed E-state index contributed by atoms with van der Waals surface area (Å²) in [6.45, 7) is 0. The Bertz CT molecular complexity index is 1630. The monoisotopic (exact) mass is 828 g/mol. The number of carbonyl (C=O) groups excluding carboxylic acids is 2. The van der Waals surface area contributed by atoms with E-state index in [1.807, 2.05) is 24.3 Å². The SMILES string of the molecule is O.O.O=C([O-])CCC/C=C\C[C@H]1[C@H]2CC[C@H](C2)[C@@H]1NS(=O)(=O)c1ccccc1.O=C([O-])CCC/C=C\C[C@H]1[C@H]2CC[C@H](C2)[C@@H]1NS(=O)(=O)c1ccccc1.[Ca+2]. The second-order valence-corrected chi connectivity index (χ2v) is 18.3. The minimum Gasteiger partial charge on any atom is -0.550 e. The summed E-state index contributed by atoms with van der Waals surface area (Å²) in [6.07, 6.45) is 19.4. The number of carboxylic acids is 2. The Morgan fingerprint density at radius 1 is 0.582 bits per heavy atom. The van der Waals surface area contributed by atoms with Crippen molar-refractivity contribution in [3.63, 3.8) is 0 Å². The number of allylic oxidation sites excluding steroid dienone is 4. The molecule has 4 bridgehead atoms. The summed E-state index contributed by atoms with van der Waals surface area (Å²) < 4.78 is 56.7. The summed E-state index contributed by atoms with van der Waals surface area (Å²) in [6, 6.07) is 17.1. The van der Waals surface area contributed by atoms with Crippen LogP contribution < -0.4 is 19.7 Å². The summed E-state index contributed by atoms with van der Waals surface area (Å²) in [5.74, 6) is 0.635. The number of rotatable bonds is 18. The van der Waals surface area contributed by atoms with Gasteiger partial charge in [-0.1, -0.05) is 60.7 Å². The molecule has 8 atom stereocenters. The van der Waals surface area contributed by atoms with Crippen LogP contribution in [0.3, 0.4) is 0 Å². The number of hydrogen-bond donors (Lipinski definition) is 2. The van der Waals surface area contributed by atoms with Crippen LogP contribution in [0.2, 0.25) is 0 Å². The standard InChI is InChI=1S/2C20H27NO4S.Ca.2H2O/c2*22-19(23)11-7-2-1-6-10-18-15-12-13-16(14-15)20(18)21-26(24,25)17-8-4-3-5-9-17;;;/h2*1,3-6,8-9,15-16,18,20-21H,2,7,10-14H2,(H,22,23);;2*1H2/q;;+2;;/p-2/b2*6-1-;;;/t2*15-,16+,18-,20-;;;/m00.../s1. The van der Waals surface area contributed by atoms with Gasteiger partial charge in [0.2, 0.25) is 20.0 Å². The van der Waals surface area contributed by atoms with Crippen molar-refractivity contribution in [2.45, 2.75) is 112 Å². The van der Waals surface area contributed by atoms with E-state index in [0.717, 1.165) is 51.4 Å². The first-order valence-electron chi connectivity index (χ1n) is 18.8. The third kappa shape index (κ3) is 14.0. The molecule has 4 aliphatic carbocycles. The largest absolute Gasteiger partial charge is 2.00 e. The molecule has 2 aromatic carbocycles. The Morgan fingerprint density at radius 3 is 1.27 bits per heavy atom. The molecule has 0 aromatic heterocycles. The van der Waals surface area contributed by atoms with E-state index in [0.29, 0.717) is 58.1 Å². The van der Waals surface area contributed by atoms with Crippen molar-refractivity contribution in [1.82, 2.24) is 9.44 Å². The van der Waals surface area contributed by atoms with Gasteiger partial charge in [-0.15, -0.1) is 0 Å². The fraction of sp³-hybridized carbons (Fsp3) is 0.550. The molecule has 0 spiro atoms. The number of aliphatic carboxylic acids is 2. The number of sulfonamides is 2. The molecule has 4 saturated carbocycles. The molecule has 0 heterocycles. The van der Waals surface area contributed by atoms with Crippen molar-refractivity contribution in [2.24, 2.45) is 35.5 Å². The molecule has 4 aliphatic rings. The molecule has 2 aromatic rings. The normalized spacial score (nSPS) is 26.5. The smallest absolute Gasteiger partial charge is 0.550 e. The molecule has 0 radical (unpaired) electrons. The van der Waals surface area contributed by atoms with Crippen LogP contribution in [0.25, 0.3) is 0 Å². The molecule has 0 amide bonds. The zero-order valence-electron chi connectivity index (χ0n) is 31.4. The van der Waals surface area contributed by atoms with Crippen molar-refractivity contribution in [3.05, 3.63) is 85.0 Å². The molecule has 15 heteroatoms. The Hall–Kier alpha value is -2.14. The zero-order valence-corrected chi connectivity index (χ0v) is 35.2. The van der Waals surface area contributed by atoms with Gasteiger partial charge in [0.15, 0.2) is 0 Å². The van der Waals surface area contributed by atoms with Crippen LogP contribution in [0.5, 0.6) is 0 Å². The van der Waals surface area contributed by atoms with Crippen LogP contribution in [-0.2, 0) is 29.6 Å². The minimum absolute atomic E-state index is 0. The number of nitrogens with one attached hydrogen (secondary N) is 2. The third-order valence-corrected chi connectivity index (χ3v) is 14.5. The molecule has 0 aliphatic heterocycles. The van der Waals surface area contributed by atoms with Gasteiger partial charge in [0, 0.05) is 24.0 Å². The number of benzene rings is 2. The summed E-state index contributed by atoms with van der Waals surface area (Å²) >= 11 is 0. The second-order valence-electron chi connectivity index (χ2n) is 14.9. The Labute approximate surface area is 356 Å².